The molecule has 1 N–H and O–H groups in total. The van der Waals surface area contributed by atoms with E-state index in [-0.39, 0.29) is 5.54 Å². The van der Waals surface area contributed by atoms with Gasteiger partial charge in [-0.15, -0.1) is 0 Å². The van der Waals surface area contributed by atoms with Gasteiger partial charge in [0.25, 0.3) is 0 Å². The second-order valence-corrected chi connectivity index (χ2v) is 5.32. The van der Waals surface area contributed by atoms with Crippen LogP contribution >= 0.6 is 0 Å². The van der Waals surface area contributed by atoms with Crippen LogP contribution in [0.3, 0.4) is 0 Å². The quantitative estimate of drug-likeness (QED) is 0.755. The second-order valence-electron chi connectivity index (χ2n) is 5.32. The van der Waals surface area contributed by atoms with Gasteiger partial charge in [-0.1, -0.05) is 19.1 Å². The molecular weight excluding hydrogens is 226 g/mol. The minimum absolute atomic E-state index is 0.127. The van der Waals surface area contributed by atoms with Crippen molar-refractivity contribution in [2.24, 2.45) is 0 Å². The number of ether oxygens (including phenoxy) is 2. The molecule has 0 radical (unpaired) electrons. The van der Waals surface area contributed by atoms with Crippen LogP contribution in [0.1, 0.15) is 34.1 Å². The van der Waals surface area contributed by atoms with Crippen molar-refractivity contribution < 1.29 is 9.47 Å². The number of benzene rings is 1. The maximum Gasteiger partial charge on any atom is 0.161 e. The first-order valence-electron chi connectivity index (χ1n) is 6.62. The van der Waals surface area contributed by atoms with Crippen molar-refractivity contribution in [1.82, 2.24) is 5.32 Å². The summed E-state index contributed by atoms with van der Waals surface area (Å²) in [7, 11) is 0. The number of rotatable bonds is 7. The highest BCUT2D eigenvalue weighted by molar-refractivity contribution is 5.39. The summed E-state index contributed by atoms with van der Waals surface area (Å²) in [4.78, 5) is 0. The van der Waals surface area contributed by atoms with Crippen LogP contribution in [0, 0.1) is 0 Å². The molecule has 102 valence electrons. The Morgan fingerprint density at radius 3 is 2.06 bits per heavy atom. The minimum Gasteiger partial charge on any atom is -0.490 e. The number of hydrogen-bond donors (Lipinski definition) is 1. The van der Waals surface area contributed by atoms with Gasteiger partial charge >= 0.3 is 0 Å². The molecule has 0 atom stereocenters. The minimum atomic E-state index is 0.127. The van der Waals surface area contributed by atoms with Crippen LogP contribution in [0.25, 0.3) is 0 Å². The molecule has 0 aromatic heterocycles. The molecule has 0 aliphatic heterocycles. The molecule has 0 heterocycles. The average Bonchev–Trinajstić information content (AvgIpc) is 2.32. The lowest BCUT2D eigenvalue weighted by molar-refractivity contribution is 0.259. The standard InChI is InChI=1S/C15H25NO2/c1-5-11-17-13-8-6-7-9-14(13)18-12-10-16-15(2,3)4/h6-9,16H,5,10-12H2,1-4H3. The van der Waals surface area contributed by atoms with E-state index in [1.54, 1.807) is 0 Å². The Hall–Kier alpha value is -1.22. The Morgan fingerprint density at radius 2 is 1.56 bits per heavy atom. The SMILES string of the molecule is CCCOc1ccccc1OCCNC(C)(C)C. The van der Waals surface area contributed by atoms with E-state index in [0.717, 1.165) is 31.1 Å². The lowest BCUT2D eigenvalue weighted by Crippen LogP contribution is -2.38. The van der Waals surface area contributed by atoms with E-state index in [1.807, 2.05) is 24.3 Å². The summed E-state index contributed by atoms with van der Waals surface area (Å²) >= 11 is 0. The number of hydrogen-bond acceptors (Lipinski definition) is 3. The van der Waals surface area contributed by atoms with Crippen LogP contribution < -0.4 is 14.8 Å². The molecule has 0 unspecified atom stereocenters. The van der Waals surface area contributed by atoms with E-state index in [1.165, 1.54) is 0 Å². The molecule has 18 heavy (non-hydrogen) atoms. The molecule has 1 aromatic rings. The maximum atomic E-state index is 5.74. The summed E-state index contributed by atoms with van der Waals surface area (Å²) in [6.45, 7) is 10.7. The van der Waals surface area contributed by atoms with E-state index < -0.39 is 0 Å². The molecule has 0 saturated heterocycles. The molecule has 0 bridgehead atoms. The smallest absolute Gasteiger partial charge is 0.161 e. The Kier molecular flexibility index (Phi) is 5.99. The lowest BCUT2D eigenvalue weighted by Gasteiger charge is -2.20. The zero-order chi connectivity index (χ0) is 13.4. The highest BCUT2D eigenvalue weighted by atomic mass is 16.5. The summed E-state index contributed by atoms with van der Waals surface area (Å²) in [5.41, 5.74) is 0.127. The molecule has 1 aromatic carbocycles. The first-order valence-corrected chi connectivity index (χ1v) is 6.62. The predicted octanol–water partition coefficient (Wildman–Crippen LogP) is 3.24. The number of para-hydroxylation sites is 2. The van der Waals surface area contributed by atoms with E-state index in [9.17, 15) is 0 Å². The van der Waals surface area contributed by atoms with Crippen LogP contribution in [0.15, 0.2) is 24.3 Å². The maximum absolute atomic E-state index is 5.74. The Balaban J connectivity index is 2.41. The zero-order valence-electron chi connectivity index (χ0n) is 12.0. The van der Waals surface area contributed by atoms with Gasteiger partial charge < -0.3 is 14.8 Å². The van der Waals surface area contributed by atoms with Crippen molar-refractivity contribution in [2.75, 3.05) is 19.8 Å². The van der Waals surface area contributed by atoms with E-state index >= 15 is 0 Å². The number of nitrogens with one attached hydrogen (secondary N) is 1. The molecule has 0 aliphatic rings. The van der Waals surface area contributed by atoms with Gasteiger partial charge in [0.15, 0.2) is 11.5 Å². The Bertz CT molecular complexity index is 345. The second kappa shape index (κ2) is 7.27. The van der Waals surface area contributed by atoms with Gasteiger partial charge in [0.2, 0.25) is 0 Å². The third kappa shape index (κ3) is 5.92. The molecule has 0 aliphatic carbocycles. The molecule has 0 spiro atoms. The highest BCUT2D eigenvalue weighted by Crippen LogP contribution is 2.26. The first kappa shape index (κ1) is 14.8. The topological polar surface area (TPSA) is 30.5 Å². The molecule has 0 fully saturated rings. The third-order valence-corrected chi connectivity index (χ3v) is 2.33. The van der Waals surface area contributed by atoms with Gasteiger partial charge in [0.05, 0.1) is 6.61 Å². The van der Waals surface area contributed by atoms with Crippen LogP contribution in [-0.2, 0) is 0 Å². The molecule has 1 rings (SSSR count). The summed E-state index contributed by atoms with van der Waals surface area (Å²) in [5.74, 6) is 1.65. The van der Waals surface area contributed by atoms with Crippen LogP contribution in [0.5, 0.6) is 11.5 Å². The fourth-order valence-corrected chi connectivity index (χ4v) is 1.49. The fraction of sp³-hybridized carbons (Fsp3) is 0.600. The lowest BCUT2D eigenvalue weighted by atomic mass is 10.1. The van der Waals surface area contributed by atoms with Gasteiger partial charge in [0.1, 0.15) is 6.61 Å². The van der Waals surface area contributed by atoms with Gasteiger partial charge in [-0.3, -0.25) is 0 Å². The Labute approximate surface area is 110 Å². The molecule has 3 heteroatoms. The van der Waals surface area contributed by atoms with Crippen molar-refractivity contribution in [3.05, 3.63) is 24.3 Å². The molecule has 0 amide bonds. The fourth-order valence-electron chi connectivity index (χ4n) is 1.49. The van der Waals surface area contributed by atoms with Gasteiger partial charge in [-0.2, -0.15) is 0 Å². The van der Waals surface area contributed by atoms with E-state index in [2.05, 4.69) is 33.0 Å². The van der Waals surface area contributed by atoms with Crippen LogP contribution in [-0.4, -0.2) is 25.3 Å². The summed E-state index contributed by atoms with van der Waals surface area (Å²) in [6, 6.07) is 7.82. The third-order valence-electron chi connectivity index (χ3n) is 2.33. The van der Waals surface area contributed by atoms with E-state index in [0.29, 0.717) is 6.61 Å². The van der Waals surface area contributed by atoms with Gasteiger partial charge in [0, 0.05) is 12.1 Å². The normalized spacial score (nSPS) is 11.3. The average molecular weight is 251 g/mol. The van der Waals surface area contributed by atoms with Gasteiger partial charge in [-0.05, 0) is 39.3 Å². The molecule has 0 saturated carbocycles. The van der Waals surface area contributed by atoms with Crippen molar-refractivity contribution in [3.63, 3.8) is 0 Å². The Morgan fingerprint density at radius 1 is 1.00 bits per heavy atom. The molecule has 3 nitrogen and oxygen atoms in total. The first-order chi connectivity index (χ1) is 8.53. The van der Waals surface area contributed by atoms with Crippen molar-refractivity contribution in [2.45, 2.75) is 39.7 Å². The largest absolute Gasteiger partial charge is 0.490 e. The van der Waals surface area contributed by atoms with Crippen LogP contribution in [0.2, 0.25) is 0 Å². The van der Waals surface area contributed by atoms with E-state index in [4.69, 9.17) is 9.47 Å². The summed E-state index contributed by atoms with van der Waals surface area (Å²) in [6.07, 6.45) is 1.000. The zero-order valence-corrected chi connectivity index (χ0v) is 12.0. The summed E-state index contributed by atoms with van der Waals surface area (Å²) < 4.78 is 11.4. The van der Waals surface area contributed by atoms with Crippen molar-refractivity contribution in [1.29, 1.82) is 0 Å². The summed E-state index contributed by atoms with van der Waals surface area (Å²) in [5, 5.41) is 3.39. The van der Waals surface area contributed by atoms with Crippen LogP contribution in [0.4, 0.5) is 0 Å². The predicted molar refractivity (Wildman–Crippen MR) is 75.5 cm³/mol. The van der Waals surface area contributed by atoms with Gasteiger partial charge in [-0.25, -0.2) is 0 Å². The molecular formula is C15H25NO2. The van der Waals surface area contributed by atoms with Crippen molar-refractivity contribution in [3.8, 4) is 11.5 Å². The highest BCUT2D eigenvalue weighted by Gasteiger charge is 2.08. The monoisotopic (exact) mass is 251 g/mol. The van der Waals surface area contributed by atoms with Crippen molar-refractivity contribution >= 4 is 0 Å².